The summed E-state index contributed by atoms with van der Waals surface area (Å²) in [5.74, 6) is -3.23. The molecule has 1 aliphatic heterocycles. The summed E-state index contributed by atoms with van der Waals surface area (Å²) >= 11 is 5.63. The molecule has 0 radical (unpaired) electrons. The first-order valence-electron chi connectivity index (χ1n) is 7.82. The molecular weight excluding hydrogens is 353 g/mol. The second kappa shape index (κ2) is 6.79. The summed E-state index contributed by atoms with van der Waals surface area (Å²) in [6, 6.07) is 2.53. The number of hydrogen-bond acceptors (Lipinski definition) is 4. The first-order valence-corrected chi connectivity index (χ1v) is 8.20. The molecule has 1 aromatic rings. The Balaban J connectivity index is 1.68. The van der Waals surface area contributed by atoms with E-state index in [9.17, 15) is 23.6 Å². The summed E-state index contributed by atoms with van der Waals surface area (Å²) in [5.41, 5.74) is 0.217. The number of urea groups is 1. The Kier molecular flexibility index (Phi) is 4.71. The molecule has 0 bridgehead atoms. The fraction of sp³-hybridized carbons (Fsp3) is 0.375. The highest BCUT2D eigenvalue weighted by atomic mass is 35.5. The number of carbonyl (C=O) groups is 4. The molecule has 25 heavy (non-hydrogen) atoms. The van der Waals surface area contributed by atoms with Gasteiger partial charge >= 0.3 is 17.8 Å². The van der Waals surface area contributed by atoms with Crippen LogP contribution in [0.1, 0.15) is 25.7 Å². The molecule has 1 heterocycles. The molecule has 2 fully saturated rings. The summed E-state index contributed by atoms with van der Waals surface area (Å²) in [5, 5.41) is 2.24. The minimum Gasteiger partial charge on any atom is -0.324 e. The van der Waals surface area contributed by atoms with Crippen molar-refractivity contribution in [2.75, 3.05) is 11.9 Å². The number of hydrogen-bond donors (Lipinski definition) is 1. The molecule has 132 valence electrons. The minimum atomic E-state index is -1.01. The molecule has 1 N–H and O–H groups in total. The molecule has 1 aliphatic carbocycles. The Labute approximate surface area is 147 Å². The maximum atomic E-state index is 13.1. The van der Waals surface area contributed by atoms with E-state index in [1.165, 1.54) is 12.1 Å². The lowest BCUT2D eigenvalue weighted by Crippen LogP contribution is -2.41. The van der Waals surface area contributed by atoms with Gasteiger partial charge in [-0.1, -0.05) is 24.4 Å². The molecular formula is C16H15ClFN3O4. The largest absolute Gasteiger partial charge is 0.334 e. The fourth-order valence-electron chi connectivity index (χ4n) is 3.06. The van der Waals surface area contributed by atoms with E-state index in [2.05, 4.69) is 5.32 Å². The maximum Gasteiger partial charge on any atom is 0.334 e. The summed E-state index contributed by atoms with van der Waals surface area (Å²) in [7, 11) is 0. The lowest BCUT2D eigenvalue weighted by Gasteiger charge is -2.20. The van der Waals surface area contributed by atoms with E-state index in [0.29, 0.717) is 17.7 Å². The Hall–Kier alpha value is -2.48. The normalized spacial score (nSPS) is 18.4. The minimum absolute atomic E-state index is 0.172. The molecule has 7 nitrogen and oxygen atoms in total. The van der Waals surface area contributed by atoms with Crippen molar-refractivity contribution >= 4 is 41.0 Å². The number of nitrogens with one attached hydrogen (secondary N) is 1. The number of imide groups is 2. The van der Waals surface area contributed by atoms with Crippen molar-refractivity contribution in [1.82, 2.24) is 9.80 Å². The zero-order valence-electron chi connectivity index (χ0n) is 13.1. The molecule has 0 unspecified atom stereocenters. The molecule has 5 amide bonds. The predicted octanol–water partition coefficient (Wildman–Crippen LogP) is 2.15. The predicted molar refractivity (Wildman–Crippen MR) is 86.3 cm³/mol. The average Bonchev–Trinajstić information content (AvgIpc) is 3.15. The Morgan fingerprint density at radius 3 is 2.52 bits per heavy atom. The smallest absolute Gasteiger partial charge is 0.324 e. The molecule has 0 atom stereocenters. The van der Waals surface area contributed by atoms with Crippen LogP contribution in [0.15, 0.2) is 18.2 Å². The number of benzene rings is 1. The van der Waals surface area contributed by atoms with Gasteiger partial charge in [0.25, 0.3) is 0 Å². The van der Waals surface area contributed by atoms with Gasteiger partial charge in [0.2, 0.25) is 5.91 Å². The molecule has 1 saturated heterocycles. The van der Waals surface area contributed by atoms with Crippen molar-refractivity contribution in [2.24, 2.45) is 0 Å². The van der Waals surface area contributed by atoms with Crippen molar-refractivity contribution < 1.29 is 23.6 Å². The SMILES string of the molecule is O=C(CN1C(=O)C(=O)N(C2CCCC2)C1=O)Nc1ccc(F)c(Cl)c1. The molecule has 0 spiro atoms. The van der Waals surface area contributed by atoms with Crippen molar-refractivity contribution in [2.45, 2.75) is 31.7 Å². The van der Waals surface area contributed by atoms with Crippen LogP contribution in [-0.2, 0) is 14.4 Å². The fourth-order valence-corrected chi connectivity index (χ4v) is 3.24. The van der Waals surface area contributed by atoms with Crippen molar-refractivity contribution in [3.63, 3.8) is 0 Å². The van der Waals surface area contributed by atoms with E-state index in [0.717, 1.165) is 23.8 Å². The number of halogens is 2. The molecule has 9 heteroatoms. The first kappa shape index (κ1) is 17.3. The van der Waals surface area contributed by atoms with Crippen LogP contribution in [0.5, 0.6) is 0 Å². The first-order chi connectivity index (χ1) is 11.9. The highest BCUT2D eigenvalue weighted by Crippen LogP contribution is 2.27. The molecule has 2 aliphatic rings. The highest BCUT2D eigenvalue weighted by molar-refractivity contribution is 6.45. The zero-order valence-corrected chi connectivity index (χ0v) is 13.9. The van der Waals surface area contributed by atoms with Gasteiger partial charge in [0.05, 0.1) is 5.02 Å². The maximum absolute atomic E-state index is 13.1. The zero-order chi connectivity index (χ0) is 18.1. The molecule has 0 aromatic heterocycles. The van der Waals surface area contributed by atoms with Crippen LogP contribution in [0.2, 0.25) is 5.02 Å². The number of amides is 5. The number of rotatable bonds is 4. The van der Waals surface area contributed by atoms with Gasteiger partial charge in [-0.3, -0.25) is 19.3 Å². The number of nitrogens with zero attached hydrogens (tertiary/aromatic N) is 2. The average molecular weight is 368 g/mol. The summed E-state index contributed by atoms with van der Waals surface area (Å²) in [6.45, 7) is -0.596. The van der Waals surface area contributed by atoms with Crippen molar-refractivity contribution in [3.05, 3.63) is 29.0 Å². The number of carbonyl (C=O) groups excluding carboxylic acids is 4. The quantitative estimate of drug-likeness (QED) is 0.652. The van der Waals surface area contributed by atoms with Gasteiger partial charge in [-0.2, -0.15) is 0 Å². The molecule has 1 saturated carbocycles. The van der Waals surface area contributed by atoms with E-state index in [4.69, 9.17) is 11.6 Å². The van der Waals surface area contributed by atoms with Crippen molar-refractivity contribution in [3.8, 4) is 0 Å². The third-order valence-electron chi connectivity index (χ3n) is 4.28. The van der Waals surface area contributed by atoms with Crippen LogP contribution in [0.3, 0.4) is 0 Å². The topological polar surface area (TPSA) is 86.8 Å². The van der Waals surface area contributed by atoms with E-state index >= 15 is 0 Å². The van der Waals surface area contributed by atoms with Crippen LogP contribution in [0.25, 0.3) is 0 Å². The summed E-state index contributed by atoms with van der Waals surface area (Å²) in [6.07, 6.45) is 3.11. The van der Waals surface area contributed by atoms with Gasteiger partial charge in [0.15, 0.2) is 0 Å². The van der Waals surface area contributed by atoms with Gasteiger partial charge in [0.1, 0.15) is 12.4 Å². The molecule has 1 aromatic carbocycles. The van der Waals surface area contributed by atoms with E-state index in [1.807, 2.05) is 0 Å². The standard InChI is InChI=1S/C16H15ClFN3O4/c17-11-7-9(5-6-12(11)18)19-13(22)8-20-14(23)15(24)21(16(20)25)10-3-1-2-4-10/h5-7,10H,1-4,8H2,(H,19,22). The third-order valence-corrected chi connectivity index (χ3v) is 4.57. The Morgan fingerprint density at radius 2 is 1.88 bits per heavy atom. The van der Waals surface area contributed by atoms with Gasteiger partial charge < -0.3 is 5.32 Å². The van der Waals surface area contributed by atoms with E-state index in [1.54, 1.807) is 0 Å². The van der Waals surface area contributed by atoms with E-state index in [-0.39, 0.29) is 16.8 Å². The second-order valence-corrected chi connectivity index (χ2v) is 6.37. The Bertz CT molecular complexity index is 764. The monoisotopic (exact) mass is 367 g/mol. The van der Waals surface area contributed by atoms with Crippen molar-refractivity contribution in [1.29, 1.82) is 0 Å². The second-order valence-electron chi connectivity index (χ2n) is 5.96. The highest BCUT2D eigenvalue weighted by Gasteiger charge is 2.48. The van der Waals surface area contributed by atoms with Crippen LogP contribution >= 0.6 is 11.6 Å². The third kappa shape index (κ3) is 3.34. The van der Waals surface area contributed by atoms with Gasteiger partial charge in [-0.15, -0.1) is 0 Å². The van der Waals surface area contributed by atoms with Crippen LogP contribution < -0.4 is 5.32 Å². The van der Waals surface area contributed by atoms with Crippen LogP contribution in [0.4, 0.5) is 14.9 Å². The van der Waals surface area contributed by atoms with Gasteiger partial charge in [-0.25, -0.2) is 14.1 Å². The van der Waals surface area contributed by atoms with Gasteiger partial charge in [-0.05, 0) is 31.0 Å². The Morgan fingerprint density at radius 1 is 1.20 bits per heavy atom. The van der Waals surface area contributed by atoms with Crippen LogP contribution in [0, 0.1) is 5.82 Å². The summed E-state index contributed by atoms with van der Waals surface area (Å²) < 4.78 is 13.1. The van der Waals surface area contributed by atoms with Crippen LogP contribution in [-0.4, -0.2) is 46.1 Å². The summed E-state index contributed by atoms with van der Waals surface area (Å²) in [4.78, 5) is 50.1. The lowest BCUT2D eigenvalue weighted by atomic mass is 10.2. The molecule has 3 rings (SSSR count). The lowest BCUT2D eigenvalue weighted by molar-refractivity contribution is -0.144. The van der Waals surface area contributed by atoms with Gasteiger partial charge in [0, 0.05) is 11.7 Å². The van der Waals surface area contributed by atoms with E-state index < -0.39 is 36.1 Å². The number of anilines is 1.